The van der Waals surface area contributed by atoms with E-state index in [0.29, 0.717) is 17.0 Å². The standard InChI is InChI=1S/C20H18F2N2O3/c1-12-17(27-19(23-12)13-7-9-16(26-3)10-8-13)18(25)24-15-6-4-5-14(11-15)20(2,21)22/h4-11H,1-3H3,(H,24,25). The molecule has 3 rings (SSSR count). The van der Waals surface area contributed by atoms with Gasteiger partial charge in [0, 0.05) is 23.7 Å². The zero-order valence-electron chi connectivity index (χ0n) is 15.0. The highest BCUT2D eigenvalue weighted by Crippen LogP contribution is 2.29. The Kier molecular flexibility index (Phi) is 4.94. The van der Waals surface area contributed by atoms with Crippen LogP contribution in [0, 0.1) is 6.92 Å². The van der Waals surface area contributed by atoms with E-state index in [-0.39, 0.29) is 22.9 Å². The lowest BCUT2D eigenvalue weighted by molar-refractivity contribution is 0.0175. The fourth-order valence-corrected chi connectivity index (χ4v) is 2.52. The number of aryl methyl sites for hydroxylation is 1. The molecule has 1 N–H and O–H groups in total. The Bertz CT molecular complexity index is 960. The Morgan fingerprint density at radius 3 is 2.52 bits per heavy atom. The van der Waals surface area contributed by atoms with Crippen molar-refractivity contribution in [3.63, 3.8) is 0 Å². The molecule has 1 aromatic heterocycles. The molecule has 0 bridgehead atoms. The van der Waals surface area contributed by atoms with Gasteiger partial charge >= 0.3 is 0 Å². The average Bonchev–Trinajstić information content (AvgIpc) is 3.03. The molecule has 0 fully saturated rings. The van der Waals surface area contributed by atoms with Crippen LogP contribution in [-0.2, 0) is 5.92 Å². The van der Waals surface area contributed by atoms with Crippen molar-refractivity contribution in [1.82, 2.24) is 4.98 Å². The predicted octanol–water partition coefficient (Wildman–Crippen LogP) is 5.02. The van der Waals surface area contributed by atoms with Gasteiger partial charge < -0.3 is 14.5 Å². The zero-order valence-corrected chi connectivity index (χ0v) is 15.0. The molecular weight excluding hydrogens is 354 g/mol. The van der Waals surface area contributed by atoms with Gasteiger partial charge in [0.1, 0.15) is 5.75 Å². The minimum Gasteiger partial charge on any atom is -0.497 e. The van der Waals surface area contributed by atoms with Gasteiger partial charge in [-0.1, -0.05) is 12.1 Å². The summed E-state index contributed by atoms with van der Waals surface area (Å²) in [7, 11) is 1.57. The summed E-state index contributed by atoms with van der Waals surface area (Å²) < 4.78 is 37.6. The van der Waals surface area contributed by atoms with Crippen molar-refractivity contribution in [3.8, 4) is 17.2 Å². The molecule has 1 amide bonds. The number of benzene rings is 2. The highest BCUT2D eigenvalue weighted by Gasteiger charge is 2.25. The number of halogens is 2. The van der Waals surface area contributed by atoms with Crippen molar-refractivity contribution in [1.29, 1.82) is 0 Å². The lowest BCUT2D eigenvalue weighted by Gasteiger charge is -2.12. The molecule has 5 nitrogen and oxygen atoms in total. The van der Waals surface area contributed by atoms with Crippen molar-refractivity contribution in [2.24, 2.45) is 0 Å². The molecule has 3 aromatic rings. The second-order valence-corrected chi connectivity index (χ2v) is 6.09. The van der Waals surface area contributed by atoms with Gasteiger partial charge in [0.05, 0.1) is 12.8 Å². The van der Waals surface area contributed by atoms with Crippen molar-refractivity contribution in [2.75, 3.05) is 12.4 Å². The van der Waals surface area contributed by atoms with Crippen LogP contribution in [0.1, 0.15) is 28.7 Å². The molecule has 1 heterocycles. The van der Waals surface area contributed by atoms with Crippen LogP contribution in [-0.4, -0.2) is 18.0 Å². The number of alkyl halides is 2. The van der Waals surface area contributed by atoms with Crippen LogP contribution >= 0.6 is 0 Å². The lowest BCUT2D eigenvalue weighted by atomic mass is 10.1. The van der Waals surface area contributed by atoms with Gasteiger partial charge in [0.2, 0.25) is 11.7 Å². The van der Waals surface area contributed by atoms with Crippen molar-refractivity contribution in [3.05, 3.63) is 65.5 Å². The molecule has 27 heavy (non-hydrogen) atoms. The summed E-state index contributed by atoms with van der Waals surface area (Å²) in [4.78, 5) is 16.8. The number of aromatic nitrogens is 1. The molecule has 7 heteroatoms. The Morgan fingerprint density at radius 2 is 1.89 bits per heavy atom. The molecule has 0 aliphatic carbocycles. The number of methoxy groups -OCH3 is 1. The largest absolute Gasteiger partial charge is 0.497 e. The van der Waals surface area contributed by atoms with Crippen LogP contribution in [0.3, 0.4) is 0 Å². The predicted molar refractivity (Wildman–Crippen MR) is 97.2 cm³/mol. The highest BCUT2D eigenvalue weighted by molar-refractivity contribution is 6.03. The second kappa shape index (κ2) is 7.19. The van der Waals surface area contributed by atoms with Crippen LogP contribution in [0.25, 0.3) is 11.5 Å². The van der Waals surface area contributed by atoms with Crippen LogP contribution in [0.15, 0.2) is 52.9 Å². The van der Waals surface area contributed by atoms with Gasteiger partial charge in [-0.3, -0.25) is 4.79 Å². The summed E-state index contributed by atoms with van der Waals surface area (Å²) in [5, 5.41) is 2.57. The number of hydrogen-bond donors (Lipinski definition) is 1. The van der Waals surface area contributed by atoms with Crippen molar-refractivity contribution in [2.45, 2.75) is 19.8 Å². The first-order chi connectivity index (χ1) is 12.8. The first kappa shape index (κ1) is 18.6. The van der Waals surface area contributed by atoms with E-state index in [2.05, 4.69) is 10.3 Å². The minimum absolute atomic E-state index is 0.0227. The van der Waals surface area contributed by atoms with E-state index in [9.17, 15) is 13.6 Å². The number of carbonyl (C=O) groups excluding carboxylic acids is 1. The van der Waals surface area contributed by atoms with Gasteiger partial charge in [0.25, 0.3) is 11.8 Å². The molecule has 0 radical (unpaired) electrons. The number of oxazole rings is 1. The molecule has 140 valence electrons. The third kappa shape index (κ3) is 4.13. The summed E-state index contributed by atoms with van der Waals surface area (Å²) >= 11 is 0. The topological polar surface area (TPSA) is 64.4 Å². The molecule has 0 spiro atoms. The summed E-state index contributed by atoms with van der Waals surface area (Å²) in [5.74, 6) is -2.56. The van der Waals surface area contributed by atoms with E-state index in [1.807, 2.05) is 0 Å². The average molecular weight is 372 g/mol. The van der Waals surface area contributed by atoms with Gasteiger partial charge in [-0.25, -0.2) is 13.8 Å². The number of nitrogens with zero attached hydrogens (tertiary/aromatic N) is 1. The first-order valence-electron chi connectivity index (χ1n) is 8.19. The van der Waals surface area contributed by atoms with Crippen molar-refractivity contribution < 1.29 is 22.7 Å². The molecular formula is C20H18F2N2O3. The molecule has 0 unspecified atom stereocenters. The summed E-state index contributed by atoms with van der Waals surface area (Å²) in [6, 6.07) is 12.6. The molecule has 0 atom stereocenters. The van der Waals surface area contributed by atoms with Gasteiger partial charge in [0.15, 0.2) is 0 Å². The van der Waals surface area contributed by atoms with E-state index in [1.54, 1.807) is 38.3 Å². The number of rotatable bonds is 5. The molecule has 2 aromatic carbocycles. The smallest absolute Gasteiger partial charge is 0.293 e. The Balaban J connectivity index is 1.82. The Labute approximate surface area is 155 Å². The maximum atomic E-state index is 13.5. The SMILES string of the molecule is COc1ccc(-c2nc(C)c(C(=O)Nc3cccc(C(C)(F)F)c3)o2)cc1. The molecule has 0 aliphatic heterocycles. The van der Waals surface area contributed by atoms with E-state index in [4.69, 9.17) is 9.15 Å². The van der Waals surface area contributed by atoms with E-state index < -0.39 is 11.8 Å². The van der Waals surface area contributed by atoms with Gasteiger partial charge in [-0.05, 0) is 43.3 Å². The maximum absolute atomic E-state index is 13.5. The number of anilines is 1. The Hall–Kier alpha value is -3.22. The monoisotopic (exact) mass is 372 g/mol. The number of ether oxygens (including phenoxy) is 1. The summed E-state index contributed by atoms with van der Waals surface area (Å²) in [5.41, 5.74) is 1.15. The van der Waals surface area contributed by atoms with Crippen LogP contribution in [0.2, 0.25) is 0 Å². The van der Waals surface area contributed by atoms with Crippen molar-refractivity contribution >= 4 is 11.6 Å². The number of nitrogens with one attached hydrogen (secondary N) is 1. The normalized spacial score (nSPS) is 11.3. The quantitative estimate of drug-likeness (QED) is 0.683. The summed E-state index contributed by atoms with van der Waals surface area (Å²) in [6.45, 7) is 2.44. The van der Waals surface area contributed by atoms with Crippen LogP contribution in [0.5, 0.6) is 5.75 Å². The third-order valence-electron chi connectivity index (χ3n) is 3.97. The molecule has 0 aliphatic rings. The number of amides is 1. The second-order valence-electron chi connectivity index (χ2n) is 6.09. The van der Waals surface area contributed by atoms with Gasteiger partial charge in [-0.2, -0.15) is 0 Å². The first-order valence-corrected chi connectivity index (χ1v) is 8.19. The fraction of sp³-hybridized carbons (Fsp3) is 0.200. The zero-order chi connectivity index (χ0) is 19.6. The maximum Gasteiger partial charge on any atom is 0.293 e. The lowest BCUT2D eigenvalue weighted by Crippen LogP contribution is -2.13. The minimum atomic E-state index is -3.00. The van der Waals surface area contributed by atoms with Gasteiger partial charge in [-0.15, -0.1) is 0 Å². The summed E-state index contributed by atoms with van der Waals surface area (Å²) in [6.07, 6.45) is 0. The molecule has 0 saturated carbocycles. The number of hydrogen-bond acceptors (Lipinski definition) is 4. The van der Waals surface area contributed by atoms with Crippen LogP contribution in [0.4, 0.5) is 14.5 Å². The number of carbonyl (C=O) groups is 1. The van der Waals surface area contributed by atoms with E-state index >= 15 is 0 Å². The molecule has 0 saturated heterocycles. The van der Waals surface area contributed by atoms with Crippen LogP contribution < -0.4 is 10.1 Å². The Morgan fingerprint density at radius 1 is 1.19 bits per heavy atom. The fourth-order valence-electron chi connectivity index (χ4n) is 2.52. The van der Waals surface area contributed by atoms with E-state index in [0.717, 1.165) is 6.92 Å². The van der Waals surface area contributed by atoms with E-state index in [1.165, 1.54) is 24.3 Å². The highest BCUT2D eigenvalue weighted by atomic mass is 19.3. The third-order valence-corrected chi connectivity index (χ3v) is 3.97.